The van der Waals surface area contributed by atoms with Crippen LogP contribution in [0.5, 0.6) is 0 Å². The summed E-state index contributed by atoms with van der Waals surface area (Å²) < 4.78 is 26.4. The molecule has 0 radical (unpaired) electrons. The van der Waals surface area contributed by atoms with Gasteiger partial charge in [0.2, 0.25) is 11.8 Å². The fourth-order valence-corrected chi connectivity index (χ4v) is 2.39. The van der Waals surface area contributed by atoms with Crippen molar-refractivity contribution in [2.24, 2.45) is 0 Å². The van der Waals surface area contributed by atoms with Crippen LogP contribution in [0.15, 0.2) is 18.2 Å². The minimum Gasteiger partial charge on any atom is -0.343 e. The van der Waals surface area contributed by atoms with Gasteiger partial charge in [0.15, 0.2) is 11.6 Å². The maximum Gasteiger partial charge on any atom is 0.224 e. The summed E-state index contributed by atoms with van der Waals surface area (Å²) in [6.45, 7) is 6.83. The summed E-state index contributed by atoms with van der Waals surface area (Å²) in [5, 5.41) is 0. The Hall–Kier alpha value is -1.98. The summed E-state index contributed by atoms with van der Waals surface area (Å²) in [6, 6.07) is 3.28. The van der Waals surface area contributed by atoms with E-state index in [2.05, 4.69) is 0 Å². The Balaban J connectivity index is 2.78. The van der Waals surface area contributed by atoms with Crippen LogP contribution in [0, 0.1) is 11.6 Å². The average molecular weight is 326 g/mol. The van der Waals surface area contributed by atoms with E-state index in [0.717, 1.165) is 25.0 Å². The molecule has 0 aliphatic carbocycles. The molecule has 0 atom stereocenters. The van der Waals surface area contributed by atoms with Crippen LogP contribution in [0.1, 0.15) is 40.0 Å². The molecule has 0 fully saturated rings. The minimum atomic E-state index is -1.02. The molecule has 128 valence electrons. The predicted octanol–water partition coefficient (Wildman–Crippen LogP) is 3.36. The van der Waals surface area contributed by atoms with Gasteiger partial charge in [0, 0.05) is 44.7 Å². The molecule has 0 aromatic heterocycles. The Bertz CT molecular complexity index is 543. The second-order valence-electron chi connectivity index (χ2n) is 5.40. The monoisotopic (exact) mass is 326 g/mol. The molecule has 1 aromatic rings. The van der Waals surface area contributed by atoms with E-state index in [1.807, 2.05) is 13.8 Å². The summed E-state index contributed by atoms with van der Waals surface area (Å²) in [7, 11) is 0. The molecule has 1 aromatic carbocycles. The summed E-state index contributed by atoms with van der Waals surface area (Å²) in [6.07, 6.45) is 1.88. The first kappa shape index (κ1) is 19.1. The zero-order chi connectivity index (χ0) is 17.4. The highest BCUT2D eigenvalue weighted by Gasteiger charge is 2.18. The van der Waals surface area contributed by atoms with Gasteiger partial charge < -0.3 is 9.80 Å². The molecule has 23 heavy (non-hydrogen) atoms. The van der Waals surface area contributed by atoms with E-state index in [4.69, 9.17) is 0 Å². The van der Waals surface area contributed by atoms with Gasteiger partial charge in [-0.25, -0.2) is 8.78 Å². The Morgan fingerprint density at radius 3 is 2.09 bits per heavy atom. The fraction of sp³-hybridized carbons (Fsp3) is 0.529. The second kappa shape index (κ2) is 9.22. The van der Waals surface area contributed by atoms with Crippen molar-refractivity contribution in [1.29, 1.82) is 0 Å². The van der Waals surface area contributed by atoms with Gasteiger partial charge in [-0.3, -0.25) is 9.59 Å². The Kier molecular flexibility index (Phi) is 7.65. The van der Waals surface area contributed by atoms with Crippen LogP contribution >= 0.6 is 0 Å². The maximum absolute atomic E-state index is 13.3. The standard InChI is InChI=1S/C17H24F2N2O2/c1-4-9-20(10-5-2)17(23)8-11-21(13(3)22)14-6-7-15(18)16(19)12-14/h6-7,12H,4-5,8-11H2,1-3H3. The molecule has 2 amide bonds. The number of rotatable bonds is 8. The molecular weight excluding hydrogens is 302 g/mol. The Morgan fingerprint density at radius 2 is 1.61 bits per heavy atom. The predicted molar refractivity (Wildman–Crippen MR) is 86.2 cm³/mol. The molecule has 6 heteroatoms. The van der Waals surface area contributed by atoms with Gasteiger partial charge in [0.1, 0.15) is 0 Å². The molecule has 0 aliphatic heterocycles. The first-order valence-electron chi connectivity index (χ1n) is 7.91. The first-order valence-corrected chi connectivity index (χ1v) is 7.91. The largest absolute Gasteiger partial charge is 0.343 e. The summed E-state index contributed by atoms with van der Waals surface area (Å²) in [5.41, 5.74) is 0.252. The Morgan fingerprint density at radius 1 is 1.00 bits per heavy atom. The molecule has 1 rings (SSSR count). The van der Waals surface area contributed by atoms with Crippen molar-refractivity contribution < 1.29 is 18.4 Å². The minimum absolute atomic E-state index is 0.0393. The van der Waals surface area contributed by atoms with Gasteiger partial charge in [-0.2, -0.15) is 0 Å². The molecule has 0 unspecified atom stereocenters. The van der Waals surface area contributed by atoms with Crippen molar-refractivity contribution >= 4 is 17.5 Å². The van der Waals surface area contributed by atoms with E-state index in [9.17, 15) is 18.4 Å². The third-order valence-corrected chi connectivity index (χ3v) is 3.48. The van der Waals surface area contributed by atoms with E-state index >= 15 is 0 Å². The normalized spacial score (nSPS) is 10.5. The highest BCUT2D eigenvalue weighted by Crippen LogP contribution is 2.18. The maximum atomic E-state index is 13.3. The van der Waals surface area contributed by atoms with Gasteiger partial charge in [0.25, 0.3) is 0 Å². The van der Waals surface area contributed by atoms with Crippen LogP contribution in [0.4, 0.5) is 14.5 Å². The fourth-order valence-electron chi connectivity index (χ4n) is 2.39. The van der Waals surface area contributed by atoms with Crippen molar-refractivity contribution in [1.82, 2.24) is 4.90 Å². The van der Waals surface area contributed by atoms with Gasteiger partial charge in [-0.1, -0.05) is 13.8 Å². The number of nitrogens with zero attached hydrogens (tertiary/aromatic N) is 2. The van der Waals surface area contributed by atoms with E-state index in [1.54, 1.807) is 4.90 Å². The van der Waals surface area contributed by atoms with Crippen molar-refractivity contribution in [3.63, 3.8) is 0 Å². The average Bonchev–Trinajstić information content (AvgIpc) is 2.50. The van der Waals surface area contributed by atoms with Crippen LogP contribution in [0.25, 0.3) is 0 Å². The van der Waals surface area contributed by atoms with Crippen LogP contribution in [-0.2, 0) is 9.59 Å². The van der Waals surface area contributed by atoms with Gasteiger partial charge in [-0.05, 0) is 25.0 Å². The lowest BCUT2D eigenvalue weighted by molar-refractivity contribution is -0.131. The van der Waals surface area contributed by atoms with Crippen molar-refractivity contribution in [2.75, 3.05) is 24.5 Å². The van der Waals surface area contributed by atoms with Gasteiger partial charge in [-0.15, -0.1) is 0 Å². The van der Waals surface area contributed by atoms with Crippen LogP contribution in [0.3, 0.4) is 0 Å². The molecule has 0 N–H and O–H groups in total. The smallest absolute Gasteiger partial charge is 0.224 e. The van der Waals surface area contributed by atoms with Crippen LogP contribution in [0.2, 0.25) is 0 Å². The van der Waals surface area contributed by atoms with E-state index in [0.29, 0.717) is 13.1 Å². The molecule has 0 saturated carbocycles. The molecule has 0 aliphatic rings. The van der Waals surface area contributed by atoms with Crippen LogP contribution in [-0.4, -0.2) is 36.3 Å². The zero-order valence-corrected chi connectivity index (χ0v) is 13.9. The molecule has 0 saturated heterocycles. The number of hydrogen-bond donors (Lipinski definition) is 0. The quantitative estimate of drug-likeness (QED) is 0.735. The van der Waals surface area contributed by atoms with E-state index in [1.165, 1.54) is 17.9 Å². The molecule has 4 nitrogen and oxygen atoms in total. The highest BCUT2D eigenvalue weighted by atomic mass is 19.2. The lowest BCUT2D eigenvalue weighted by Gasteiger charge is -2.25. The van der Waals surface area contributed by atoms with Gasteiger partial charge in [0.05, 0.1) is 0 Å². The molecule has 0 heterocycles. The van der Waals surface area contributed by atoms with Crippen molar-refractivity contribution in [2.45, 2.75) is 40.0 Å². The number of hydrogen-bond acceptors (Lipinski definition) is 2. The van der Waals surface area contributed by atoms with Crippen LogP contribution < -0.4 is 4.90 Å². The van der Waals surface area contributed by atoms with E-state index in [-0.39, 0.29) is 30.5 Å². The Labute approximate surface area is 136 Å². The number of halogens is 2. The molecule has 0 spiro atoms. The zero-order valence-electron chi connectivity index (χ0n) is 13.9. The number of carbonyl (C=O) groups is 2. The third-order valence-electron chi connectivity index (χ3n) is 3.48. The lowest BCUT2D eigenvalue weighted by Crippen LogP contribution is -2.37. The number of benzene rings is 1. The van der Waals surface area contributed by atoms with E-state index < -0.39 is 11.6 Å². The summed E-state index contributed by atoms with van der Waals surface area (Å²) in [4.78, 5) is 27.1. The lowest BCUT2D eigenvalue weighted by atomic mass is 10.2. The molecule has 0 bridgehead atoms. The highest BCUT2D eigenvalue weighted by molar-refractivity contribution is 5.92. The number of carbonyl (C=O) groups excluding carboxylic acids is 2. The van der Waals surface area contributed by atoms with Crippen molar-refractivity contribution in [3.05, 3.63) is 29.8 Å². The second-order valence-corrected chi connectivity index (χ2v) is 5.40. The van der Waals surface area contributed by atoms with Gasteiger partial charge >= 0.3 is 0 Å². The number of anilines is 1. The number of amides is 2. The summed E-state index contributed by atoms with van der Waals surface area (Å²) in [5.74, 6) is -2.34. The third kappa shape index (κ3) is 5.62. The first-order chi connectivity index (χ1) is 10.9. The summed E-state index contributed by atoms with van der Waals surface area (Å²) >= 11 is 0. The SMILES string of the molecule is CCCN(CCC)C(=O)CCN(C(C)=O)c1ccc(F)c(F)c1. The van der Waals surface area contributed by atoms with Crippen molar-refractivity contribution in [3.8, 4) is 0 Å². The molecular formula is C17H24F2N2O2. The topological polar surface area (TPSA) is 40.6 Å².